The van der Waals surface area contributed by atoms with Crippen molar-refractivity contribution in [3.05, 3.63) is 71.2 Å². The molecule has 0 aliphatic carbocycles. The molecule has 0 saturated carbocycles. The third-order valence-corrected chi connectivity index (χ3v) is 4.83. The van der Waals surface area contributed by atoms with Gasteiger partial charge in [0.25, 0.3) is 0 Å². The van der Waals surface area contributed by atoms with E-state index < -0.39 is 0 Å². The van der Waals surface area contributed by atoms with Crippen LogP contribution in [-0.2, 0) is 22.4 Å². The Labute approximate surface area is 162 Å². The first-order chi connectivity index (χ1) is 13.1. The van der Waals surface area contributed by atoms with Crippen molar-refractivity contribution in [1.29, 1.82) is 0 Å². The molecule has 0 saturated heterocycles. The molecule has 2 aromatic carbocycles. The zero-order valence-electron chi connectivity index (χ0n) is 15.1. The van der Waals surface area contributed by atoms with Crippen LogP contribution in [0.3, 0.4) is 0 Å². The zero-order chi connectivity index (χ0) is 19.1. The number of nitrogens with zero attached hydrogens (tertiary/aromatic N) is 1. The molecule has 0 radical (unpaired) electrons. The van der Waals surface area contributed by atoms with Gasteiger partial charge in [-0.25, -0.2) is 4.98 Å². The molecule has 5 nitrogen and oxygen atoms in total. The molecular formula is C21H21N3O2S. The number of aromatic nitrogens is 1. The minimum atomic E-state index is -0.0989. The number of hydrogen-bond acceptors (Lipinski definition) is 4. The molecule has 0 aliphatic heterocycles. The van der Waals surface area contributed by atoms with E-state index in [4.69, 9.17) is 0 Å². The van der Waals surface area contributed by atoms with Crippen LogP contribution in [0.4, 0.5) is 5.69 Å². The van der Waals surface area contributed by atoms with Gasteiger partial charge in [-0.2, -0.15) is 0 Å². The normalized spacial score (nSPS) is 10.4. The number of carbonyl (C=O) groups is 2. The van der Waals surface area contributed by atoms with Gasteiger partial charge in [0, 0.05) is 36.5 Å². The molecule has 27 heavy (non-hydrogen) atoms. The van der Waals surface area contributed by atoms with Gasteiger partial charge in [-0.05, 0) is 17.7 Å². The Hall–Kier alpha value is -2.99. The van der Waals surface area contributed by atoms with E-state index in [2.05, 4.69) is 15.6 Å². The summed E-state index contributed by atoms with van der Waals surface area (Å²) in [5.74, 6) is -0.0853. The lowest BCUT2D eigenvalue weighted by Gasteiger charge is -2.04. The first-order valence-electron chi connectivity index (χ1n) is 8.73. The number of anilines is 1. The average molecular weight is 379 g/mol. The van der Waals surface area contributed by atoms with Crippen LogP contribution in [0.15, 0.2) is 60.0 Å². The first-order valence-corrected chi connectivity index (χ1v) is 9.61. The quantitative estimate of drug-likeness (QED) is 0.658. The third-order valence-electron chi connectivity index (χ3n) is 3.89. The van der Waals surface area contributed by atoms with E-state index in [0.29, 0.717) is 19.4 Å². The van der Waals surface area contributed by atoms with Crippen LogP contribution in [0.25, 0.3) is 10.6 Å². The molecule has 0 atom stereocenters. The Bertz CT molecular complexity index is 922. The van der Waals surface area contributed by atoms with Gasteiger partial charge in [0.1, 0.15) is 5.01 Å². The Morgan fingerprint density at radius 2 is 1.89 bits per heavy atom. The highest BCUT2D eigenvalue weighted by Gasteiger charge is 2.07. The fraction of sp³-hybridized carbons (Fsp3) is 0.190. The van der Waals surface area contributed by atoms with Crippen molar-refractivity contribution >= 4 is 28.8 Å². The molecule has 0 spiro atoms. The molecule has 3 aromatic rings. The highest BCUT2D eigenvalue weighted by atomic mass is 32.1. The molecule has 2 N–H and O–H groups in total. The van der Waals surface area contributed by atoms with Crippen molar-refractivity contribution in [2.75, 3.05) is 11.9 Å². The summed E-state index contributed by atoms with van der Waals surface area (Å²) in [6.07, 6.45) is 1.07. The highest BCUT2D eigenvalue weighted by molar-refractivity contribution is 7.13. The molecule has 0 aliphatic rings. The molecule has 1 aromatic heterocycles. The Morgan fingerprint density at radius 3 is 2.67 bits per heavy atom. The summed E-state index contributed by atoms with van der Waals surface area (Å²) < 4.78 is 0. The fourth-order valence-electron chi connectivity index (χ4n) is 2.66. The van der Waals surface area contributed by atoms with Gasteiger partial charge >= 0.3 is 0 Å². The van der Waals surface area contributed by atoms with E-state index in [1.807, 2.05) is 60.0 Å². The molecule has 0 fully saturated rings. The third kappa shape index (κ3) is 5.76. The van der Waals surface area contributed by atoms with E-state index in [1.165, 1.54) is 6.92 Å². The second-order valence-corrected chi connectivity index (χ2v) is 7.03. The smallest absolute Gasteiger partial charge is 0.224 e. The van der Waals surface area contributed by atoms with Crippen LogP contribution >= 0.6 is 11.3 Å². The molecular weight excluding hydrogens is 358 g/mol. The molecule has 0 unspecified atom stereocenters. The number of carbonyl (C=O) groups excluding carboxylic acids is 2. The van der Waals surface area contributed by atoms with Gasteiger partial charge in [-0.3, -0.25) is 9.59 Å². The highest BCUT2D eigenvalue weighted by Crippen LogP contribution is 2.26. The second-order valence-electron chi connectivity index (χ2n) is 6.17. The lowest BCUT2D eigenvalue weighted by molar-refractivity contribution is -0.120. The number of nitrogens with one attached hydrogen (secondary N) is 2. The van der Waals surface area contributed by atoms with E-state index in [0.717, 1.165) is 27.5 Å². The van der Waals surface area contributed by atoms with E-state index in [9.17, 15) is 9.59 Å². The molecule has 3 rings (SSSR count). The summed E-state index contributed by atoms with van der Waals surface area (Å²) in [5.41, 5.74) is 3.67. The summed E-state index contributed by atoms with van der Waals surface area (Å²) in [6, 6.07) is 17.3. The lowest BCUT2D eigenvalue weighted by Crippen LogP contribution is -2.27. The molecule has 0 bridgehead atoms. The summed E-state index contributed by atoms with van der Waals surface area (Å²) >= 11 is 1.56. The minimum absolute atomic E-state index is 0.0136. The van der Waals surface area contributed by atoms with Gasteiger partial charge in [0.15, 0.2) is 0 Å². The zero-order valence-corrected chi connectivity index (χ0v) is 15.9. The minimum Gasteiger partial charge on any atom is -0.355 e. The SMILES string of the molecule is CC(=O)Nc1cccc(-c2nc(CCNC(=O)Cc3ccccc3)cs2)c1. The number of amides is 2. The number of hydrogen-bond donors (Lipinski definition) is 2. The molecule has 1 heterocycles. The molecule has 2 amide bonds. The van der Waals surface area contributed by atoms with Crippen molar-refractivity contribution in [3.8, 4) is 10.6 Å². The van der Waals surface area contributed by atoms with E-state index in [-0.39, 0.29) is 11.8 Å². The van der Waals surface area contributed by atoms with Crippen molar-refractivity contribution in [2.24, 2.45) is 0 Å². The van der Waals surface area contributed by atoms with Crippen molar-refractivity contribution in [1.82, 2.24) is 10.3 Å². The molecule has 6 heteroatoms. The van der Waals surface area contributed by atoms with Gasteiger partial charge in [0.05, 0.1) is 12.1 Å². The Balaban J connectivity index is 1.52. The fourth-order valence-corrected chi connectivity index (χ4v) is 3.51. The number of rotatable bonds is 7. The summed E-state index contributed by atoms with van der Waals surface area (Å²) in [5, 5.41) is 8.62. The maximum Gasteiger partial charge on any atom is 0.224 e. The average Bonchev–Trinajstić information content (AvgIpc) is 3.11. The first kappa shape index (κ1) is 18.8. The van der Waals surface area contributed by atoms with Crippen LogP contribution in [0.1, 0.15) is 18.2 Å². The van der Waals surface area contributed by atoms with Crippen LogP contribution < -0.4 is 10.6 Å². The van der Waals surface area contributed by atoms with Crippen LogP contribution in [0.2, 0.25) is 0 Å². The number of thiazole rings is 1. The van der Waals surface area contributed by atoms with Gasteiger partial charge in [-0.1, -0.05) is 42.5 Å². The maximum absolute atomic E-state index is 12.0. The lowest BCUT2D eigenvalue weighted by atomic mass is 10.1. The van der Waals surface area contributed by atoms with E-state index in [1.54, 1.807) is 11.3 Å². The van der Waals surface area contributed by atoms with Crippen LogP contribution in [0.5, 0.6) is 0 Å². The van der Waals surface area contributed by atoms with Crippen LogP contribution in [0, 0.1) is 0 Å². The van der Waals surface area contributed by atoms with Crippen molar-refractivity contribution in [2.45, 2.75) is 19.8 Å². The summed E-state index contributed by atoms with van der Waals surface area (Å²) in [4.78, 5) is 27.8. The standard InChI is InChI=1S/C21H21N3O2S/c1-15(25)23-18-9-5-8-17(13-18)21-24-19(14-27-21)10-11-22-20(26)12-16-6-3-2-4-7-16/h2-9,13-14H,10-12H2,1H3,(H,22,26)(H,23,25). The van der Waals surface area contributed by atoms with Crippen molar-refractivity contribution in [3.63, 3.8) is 0 Å². The molecule has 138 valence electrons. The van der Waals surface area contributed by atoms with Gasteiger partial charge in [0.2, 0.25) is 11.8 Å². The number of benzene rings is 2. The monoisotopic (exact) mass is 379 g/mol. The predicted molar refractivity (Wildman–Crippen MR) is 109 cm³/mol. The van der Waals surface area contributed by atoms with E-state index >= 15 is 0 Å². The second kappa shape index (κ2) is 9.09. The predicted octanol–water partition coefficient (Wildman–Crippen LogP) is 3.67. The van der Waals surface area contributed by atoms with Crippen molar-refractivity contribution < 1.29 is 9.59 Å². The topological polar surface area (TPSA) is 71.1 Å². The maximum atomic E-state index is 12.0. The Kier molecular flexibility index (Phi) is 6.33. The largest absolute Gasteiger partial charge is 0.355 e. The Morgan fingerprint density at radius 1 is 1.07 bits per heavy atom. The summed E-state index contributed by atoms with van der Waals surface area (Å²) in [7, 11) is 0. The van der Waals surface area contributed by atoms with Crippen LogP contribution in [-0.4, -0.2) is 23.3 Å². The summed E-state index contributed by atoms with van der Waals surface area (Å²) in [6.45, 7) is 2.04. The van der Waals surface area contributed by atoms with Gasteiger partial charge < -0.3 is 10.6 Å². The van der Waals surface area contributed by atoms with Gasteiger partial charge in [-0.15, -0.1) is 11.3 Å².